The SMILES string of the molecule is CNC(=O)n1ccc2cc(N(CCC(C)(C)O)c3ccnc(NC(=O)c4ccc(N5CCC(N6CCCC6)CC5)cc4)c3)ccc21. The number of anilines is 4. The first kappa shape index (κ1) is 31.6. The molecule has 2 aliphatic rings. The van der Waals surface area contributed by atoms with Crippen molar-refractivity contribution in [3.05, 3.63) is 78.6 Å². The molecule has 3 N–H and O–H groups in total. The fourth-order valence-corrected chi connectivity index (χ4v) is 6.65. The van der Waals surface area contributed by atoms with Crippen LogP contribution in [0, 0.1) is 0 Å². The van der Waals surface area contributed by atoms with Crippen molar-refractivity contribution in [2.45, 2.75) is 57.6 Å². The zero-order valence-corrected chi connectivity index (χ0v) is 27.1. The molecule has 0 unspecified atom stereocenters. The van der Waals surface area contributed by atoms with E-state index in [0.29, 0.717) is 30.4 Å². The number of fused-ring (bicyclic) bond motifs is 1. The molecule has 4 heterocycles. The Balaban J connectivity index is 1.15. The molecule has 0 bridgehead atoms. The Hall–Kier alpha value is -4.41. The molecular weight excluding hydrogens is 578 g/mol. The number of hydrogen-bond donors (Lipinski definition) is 3. The zero-order chi connectivity index (χ0) is 32.3. The van der Waals surface area contributed by atoms with Gasteiger partial charge < -0.3 is 30.4 Å². The van der Waals surface area contributed by atoms with E-state index in [1.165, 1.54) is 38.8 Å². The van der Waals surface area contributed by atoms with Gasteiger partial charge in [0.15, 0.2) is 0 Å². The van der Waals surface area contributed by atoms with E-state index in [2.05, 4.69) is 30.3 Å². The Morgan fingerprint density at radius 3 is 2.37 bits per heavy atom. The summed E-state index contributed by atoms with van der Waals surface area (Å²) in [6.07, 6.45) is 8.97. The second-order valence-corrected chi connectivity index (χ2v) is 13.1. The average molecular weight is 624 g/mol. The lowest BCUT2D eigenvalue weighted by molar-refractivity contribution is 0.0737. The lowest BCUT2D eigenvalue weighted by Gasteiger charge is -2.37. The number of aromatic nitrogens is 2. The van der Waals surface area contributed by atoms with Gasteiger partial charge in [-0.2, -0.15) is 0 Å². The van der Waals surface area contributed by atoms with Crippen LogP contribution < -0.4 is 20.4 Å². The highest BCUT2D eigenvalue weighted by atomic mass is 16.3. The van der Waals surface area contributed by atoms with Crippen LogP contribution >= 0.6 is 0 Å². The van der Waals surface area contributed by atoms with Gasteiger partial charge in [0.1, 0.15) is 5.82 Å². The van der Waals surface area contributed by atoms with Crippen LogP contribution in [0.3, 0.4) is 0 Å². The molecule has 2 aromatic heterocycles. The summed E-state index contributed by atoms with van der Waals surface area (Å²) in [4.78, 5) is 37.2. The molecule has 242 valence electrons. The number of aliphatic hydroxyl groups is 1. The molecule has 0 aliphatic carbocycles. The summed E-state index contributed by atoms with van der Waals surface area (Å²) < 4.78 is 1.57. The number of pyridine rings is 1. The predicted octanol–water partition coefficient (Wildman–Crippen LogP) is 5.84. The lowest BCUT2D eigenvalue weighted by atomic mass is 10.0. The molecule has 0 radical (unpaired) electrons. The summed E-state index contributed by atoms with van der Waals surface area (Å²) in [6.45, 7) is 8.68. The van der Waals surface area contributed by atoms with Crippen LogP contribution in [0.1, 0.15) is 56.3 Å². The number of benzene rings is 2. The minimum absolute atomic E-state index is 0.205. The number of likely N-dealkylation sites (tertiary alicyclic amines) is 1. The molecule has 2 amide bonds. The van der Waals surface area contributed by atoms with Crippen molar-refractivity contribution < 1.29 is 14.7 Å². The molecule has 2 saturated heterocycles. The van der Waals surface area contributed by atoms with Crippen LogP contribution in [0.15, 0.2) is 73.1 Å². The van der Waals surface area contributed by atoms with Crippen LogP contribution in [0.25, 0.3) is 10.9 Å². The molecule has 0 saturated carbocycles. The fraction of sp³-hybridized carbons (Fsp3) is 0.417. The first-order valence-electron chi connectivity index (χ1n) is 16.4. The first-order chi connectivity index (χ1) is 22.2. The normalized spacial score (nSPS) is 16.1. The summed E-state index contributed by atoms with van der Waals surface area (Å²) in [6, 6.07) is 19.9. The Labute approximate surface area is 271 Å². The number of nitrogens with zero attached hydrogens (tertiary/aromatic N) is 5. The monoisotopic (exact) mass is 623 g/mol. The second-order valence-electron chi connectivity index (χ2n) is 13.1. The van der Waals surface area contributed by atoms with Gasteiger partial charge in [-0.25, -0.2) is 9.78 Å². The van der Waals surface area contributed by atoms with Gasteiger partial charge in [0, 0.05) is 79.2 Å². The van der Waals surface area contributed by atoms with E-state index in [-0.39, 0.29) is 11.9 Å². The maximum Gasteiger partial charge on any atom is 0.325 e. The van der Waals surface area contributed by atoms with E-state index in [1.807, 2.05) is 60.7 Å². The maximum absolute atomic E-state index is 13.3. The van der Waals surface area contributed by atoms with E-state index < -0.39 is 5.60 Å². The summed E-state index contributed by atoms with van der Waals surface area (Å²) in [5.74, 6) is 0.222. The lowest BCUT2D eigenvalue weighted by Crippen LogP contribution is -2.43. The predicted molar refractivity (Wildman–Crippen MR) is 184 cm³/mol. The van der Waals surface area contributed by atoms with Crippen molar-refractivity contribution in [1.29, 1.82) is 0 Å². The third-order valence-corrected chi connectivity index (χ3v) is 9.28. The van der Waals surface area contributed by atoms with E-state index in [0.717, 1.165) is 41.1 Å². The van der Waals surface area contributed by atoms with Crippen LogP contribution in [0.2, 0.25) is 0 Å². The highest BCUT2D eigenvalue weighted by Crippen LogP contribution is 2.32. The highest BCUT2D eigenvalue weighted by molar-refractivity contribution is 6.04. The number of hydrogen-bond acceptors (Lipinski definition) is 7. The zero-order valence-electron chi connectivity index (χ0n) is 27.1. The molecule has 10 heteroatoms. The Bertz CT molecular complexity index is 1660. The molecule has 4 aromatic rings. The number of carbonyl (C=O) groups excluding carboxylic acids is 2. The summed E-state index contributed by atoms with van der Waals surface area (Å²) in [7, 11) is 1.61. The number of piperidine rings is 1. The van der Waals surface area contributed by atoms with E-state index in [4.69, 9.17) is 0 Å². The standard InChI is InChI=1S/C36H45N7O3/c1-36(2,46)16-23-42(30-10-11-32-27(24-30)13-22-43(32)35(45)37-3)31-12-17-38-33(25-31)39-34(44)26-6-8-28(9-7-26)41-20-14-29(15-21-41)40-18-4-5-19-40/h6-13,17,22,24-25,29,46H,4-5,14-16,18-21,23H2,1-3H3,(H,37,45)(H,38,39,44). The molecule has 2 fully saturated rings. The number of nitrogens with one attached hydrogen (secondary N) is 2. The van der Waals surface area contributed by atoms with Crippen LogP contribution in [0.5, 0.6) is 0 Å². The van der Waals surface area contributed by atoms with Gasteiger partial charge in [0.25, 0.3) is 5.91 Å². The fourth-order valence-electron chi connectivity index (χ4n) is 6.65. The largest absolute Gasteiger partial charge is 0.390 e. The first-order valence-corrected chi connectivity index (χ1v) is 16.4. The Morgan fingerprint density at radius 1 is 0.957 bits per heavy atom. The summed E-state index contributed by atoms with van der Waals surface area (Å²) >= 11 is 0. The highest BCUT2D eigenvalue weighted by Gasteiger charge is 2.26. The van der Waals surface area contributed by atoms with E-state index in [1.54, 1.807) is 37.9 Å². The second kappa shape index (κ2) is 13.5. The molecule has 2 aliphatic heterocycles. The van der Waals surface area contributed by atoms with Crippen molar-refractivity contribution in [3.63, 3.8) is 0 Å². The molecule has 0 atom stereocenters. The van der Waals surface area contributed by atoms with Gasteiger partial charge in [-0.05, 0) is 114 Å². The van der Waals surface area contributed by atoms with Gasteiger partial charge in [-0.1, -0.05) is 0 Å². The minimum Gasteiger partial charge on any atom is -0.390 e. The summed E-state index contributed by atoms with van der Waals surface area (Å²) in [5.41, 5.74) is 3.38. The Kier molecular flexibility index (Phi) is 9.28. The van der Waals surface area contributed by atoms with Crippen molar-refractivity contribution in [2.75, 3.05) is 54.9 Å². The topological polar surface area (TPSA) is 106 Å². The third-order valence-electron chi connectivity index (χ3n) is 9.28. The summed E-state index contributed by atoms with van der Waals surface area (Å²) in [5, 5.41) is 17.1. The van der Waals surface area contributed by atoms with Crippen molar-refractivity contribution in [2.24, 2.45) is 0 Å². The minimum atomic E-state index is -0.870. The molecular formula is C36H45N7O3. The molecule has 6 rings (SSSR count). The van der Waals surface area contributed by atoms with Crippen LogP contribution in [-0.4, -0.2) is 82.9 Å². The van der Waals surface area contributed by atoms with Gasteiger partial charge in [0.2, 0.25) is 0 Å². The van der Waals surface area contributed by atoms with Crippen LogP contribution in [0.4, 0.5) is 27.7 Å². The Morgan fingerprint density at radius 2 is 1.67 bits per heavy atom. The van der Waals surface area contributed by atoms with Crippen LogP contribution in [-0.2, 0) is 0 Å². The van der Waals surface area contributed by atoms with E-state index >= 15 is 0 Å². The van der Waals surface area contributed by atoms with Crippen molar-refractivity contribution >= 4 is 45.7 Å². The maximum atomic E-state index is 13.3. The third kappa shape index (κ3) is 7.18. The molecule has 2 aromatic carbocycles. The van der Waals surface area contributed by atoms with Crippen molar-refractivity contribution in [1.82, 2.24) is 19.8 Å². The van der Waals surface area contributed by atoms with Gasteiger partial charge in [-0.3, -0.25) is 9.36 Å². The van der Waals surface area contributed by atoms with Gasteiger partial charge in [0.05, 0.1) is 11.1 Å². The van der Waals surface area contributed by atoms with E-state index in [9.17, 15) is 14.7 Å². The van der Waals surface area contributed by atoms with Gasteiger partial charge >= 0.3 is 6.03 Å². The number of amides is 2. The molecule has 46 heavy (non-hydrogen) atoms. The van der Waals surface area contributed by atoms with Crippen molar-refractivity contribution in [3.8, 4) is 0 Å². The smallest absolute Gasteiger partial charge is 0.325 e. The average Bonchev–Trinajstić information content (AvgIpc) is 3.75. The number of rotatable bonds is 9. The van der Waals surface area contributed by atoms with Gasteiger partial charge in [-0.15, -0.1) is 0 Å². The molecule has 0 spiro atoms. The number of carbonyl (C=O) groups is 2. The quantitative estimate of drug-likeness (QED) is 0.215. The molecule has 10 nitrogen and oxygen atoms in total.